The molecule has 0 aliphatic rings. The lowest BCUT2D eigenvalue weighted by molar-refractivity contribution is 0.672. The first-order valence-corrected chi connectivity index (χ1v) is 25.4. The van der Waals surface area contributed by atoms with E-state index in [1.807, 2.05) is 48.5 Å². The van der Waals surface area contributed by atoms with Crippen molar-refractivity contribution >= 4 is 137 Å². The number of aromatic nitrogens is 4. The third-order valence-corrected chi connectivity index (χ3v) is 16.0. The fraction of sp³-hybridized carbons (Fsp3) is 0. The predicted molar refractivity (Wildman–Crippen MR) is 309 cm³/mol. The number of rotatable bonds is 4. The lowest BCUT2D eigenvalue weighted by Crippen LogP contribution is -2.14. The third kappa shape index (κ3) is 5.09. The number of benzene rings is 11. The second kappa shape index (κ2) is 14.9. The zero-order valence-electron chi connectivity index (χ0n) is 40.3. The van der Waals surface area contributed by atoms with Gasteiger partial charge >= 0.3 is 0 Å². The average Bonchev–Trinajstić information content (AvgIpc) is 4.42. The maximum absolute atomic E-state index is 12.6. The van der Waals surface area contributed by atoms with Crippen molar-refractivity contribution in [2.24, 2.45) is 0 Å². The molecule has 17 rings (SSSR count). The lowest BCUT2D eigenvalue weighted by atomic mass is 10.0. The molecule has 17 aromatic rings. The van der Waals surface area contributed by atoms with Crippen LogP contribution < -0.4 is 0 Å². The number of nitriles is 1. The first kappa shape index (κ1) is 40.8. The van der Waals surface area contributed by atoms with Crippen LogP contribution in [0.5, 0.6) is 0 Å². The highest BCUT2D eigenvalue weighted by Gasteiger charge is 2.35. The normalized spacial score (nSPS) is 12.2. The molecule has 0 N–H and O–H groups in total. The first-order valence-electron chi connectivity index (χ1n) is 25.4. The van der Waals surface area contributed by atoms with E-state index < -0.39 is 0 Å². The summed E-state index contributed by atoms with van der Waals surface area (Å²) >= 11 is 0. The van der Waals surface area contributed by atoms with Gasteiger partial charge in [-0.1, -0.05) is 146 Å². The molecule has 0 unspecified atom stereocenters. The van der Waals surface area contributed by atoms with Crippen LogP contribution in [0, 0.1) is 17.9 Å². The minimum Gasteiger partial charge on any atom is -0.455 e. The Hall–Kier alpha value is -10.8. The van der Waals surface area contributed by atoms with Gasteiger partial charge in [0, 0.05) is 53.9 Å². The minimum atomic E-state index is 0.311. The maximum atomic E-state index is 12.6. The molecule has 0 amide bonds. The molecule has 0 saturated heterocycles. The third-order valence-electron chi connectivity index (χ3n) is 16.0. The quantitative estimate of drug-likeness (QED) is 0.165. The highest BCUT2D eigenvalue weighted by atomic mass is 16.3. The minimum absolute atomic E-state index is 0.311. The second-order valence-electron chi connectivity index (χ2n) is 19.7. The summed E-state index contributed by atoms with van der Waals surface area (Å²) in [6, 6.07) is 78.3. The van der Waals surface area contributed by atoms with Gasteiger partial charge in [-0.05, 0) is 72.8 Å². The van der Waals surface area contributed by atoms with E-state index in [1.165, 1.54) is 0 Å². The Morgan fingerprint density at radius 1 is 0.316 bits per heavy atom. The number of fused-ring (bicyclic) bond motifs is 20. The summed E-state index contributed by atoms with van der Waals surface area (Å²) in [5.74, 6) is 0. The molecule has 6 heterocycles. The van der Waals surface area contributed by atoms with Crippen molar-refractivity contribution in [3.05, 3.63) is 235 Å². The molecule has 0 saturated carbocycles. The van der Waals surface area contributed by atoms with Crippen LogP contribution in [0.1, 0.15) is 5.56 Å². The standard InChI is InChI=1S/C68H36N6O2/c1-70-62-63(73-54-30-14-6-24-47(54)60-56(73)36-34-45-43-22-8-16-32-58(43)75-67(45)60)49(38-69)64(71-50-26-10-2-18-39(50)40-19-3-11-27-51(40)71)66(65(62)72-52-28-12-4-20-41(52)42-21-5-13-29-53(42)72)74-55-31-15-7-25-48(55)61-57(74)37-35-46-44-23-9-17-33-59(44)76-68(46)61/h2-37H. The van der Waals surface area contributed by atoms with Crippen molar-refractivity contribution in [3.8, 4) is 28.8 Å². The van der Waals surface area contributed by atoms with Gasteiger partial charge in [0.25, 0.3) is 0 Å². The Balaban J connectivity index is 1.18. The van der Waals surface area contributed by atoms with Crippen molar-refractivity contribution in [3.63, 3.8) is 0 Å². The van der Waals surface area contributed by atoms with E-state index in [4.69, 9.17) is 13.7 Å². The maximum Gasteiger partial charge on any atom is 0.237 e. The van der Waals surface area contributed by atoms with Crippen LogP contribution in [-0.2, 0) is 0 Å². The summed E-state index contributed by atoms with van der Waals surface area (Å²) in [5, 5.41) is 24.6. The van der Waals surface area contributed by atoms with Crippen LogP contribution in [0.3, 0.4) is 0 Å². The SMILES string of the molecule is [C-]#[N+]c1c(-n2c3ccccc3c3ccccc32)c(-n2c3ccccc3c3c4oc5ccccc5c4ccc32)c(-n2c3ccccc3c3ccccc32)c(C#N)c1-n1c2ccccc2c2c3oc4ccccc4c3ccc21. The van der Waals surface area contributed by atoms with Gasteiger partial charge in [0.1, 0.15) is 28.4 Å². The number of furan rings is 2. The fourth-order valence-corrected chi connectivity index (χ4v) is 13.0. The van der Waals surface area contributed by atoms with Gasteiger partial charge in [-0.25, -0.2) is 4.85 Å². The van der Waals surface area contributed by atoms with E-state index in [0.717, 1.165) is 131 Å². The Kier molecular flexibility index (Phi) is 7.99. The highest BCUT2D eigenvalue weighted by Crippen LogP contribution is 2.53. The average molecular weight is 969 g/mol. The van der Waals surface area contributed by atoms with Crippen molar-refractivity contribution in [2.45, 2.75) is 0 Å². The van der Waals surface area contributed by atoms with Crippen LogP contribution in [0.4, 0.5) is 5.69 Å². The highest BCUT2D eigenvalue weighted by molar-refractivity contribution is 6.26. The van der Waals surface area contributed by atoms with Gasteiger partial charge in [-0.2, -0.15) is 5.26 Å². The summed E-state index contributed by atoms with van der Waals surface area (Å²) in [6.07, 6.45) is 0. The molecule has 8 nitrogen and oxygen atoms in total. The second-order valence-corrected chi connectivity index (χ2v) is 19.7. The van der Waals surface area contributed by atoms with Crippen LogP contribution in [0.25, 0.3) is 159 Å². The van der Waals surface area contributed by atoms with Gasteiger partial charge in [0.05, 0.1) is 89.8 Å². The Labute approximate surface area is 431 Å². The Bertz CT molecular complexity index is 5260. The van der Waals surface area contributed by atoms with Gasteiger partial charge in [-0.3, -0.25) is 0 Å². The summed E-state index contributed by atoms with van der Waals surface area (Å²) < 4.78 is 22.8. The molecular weight excluding hydrogens is 933 g/mol. The van der Waals surface area contributed by atoms with Crippen molar-refractivity contribution < 1.29 is 8.83 Å². The monoisotopic (exact) mass is 968 g/mol. The van der Waals surface area contributed by atoms with Crippen molar-refractivity contribution in [2.75, 3.05) is 0 Å². The number of nitrogens with zero attached hydrogens (tertiary/aromatic N) is 6. The fourth-order valence-electron chi connectivity index (χ4n) is 13.0. The van der Waals surface area contributed by atoms with E-state index in [9.17, 15) is 11.8 Å². The summed E-state index contributed by atoms with van der Waals surface area (Å²) in [7, 11) is 0. The molecule has 0 aliphatic heterocycles. The zero-order valence-corrected chi connectivity index (χ0v) is 40.3. The smallest absolute Gasteiger partial charge is 0.237 e. The van der Waals surface area contributed by atoms with E-state index in [2.05, 4.69) is 194 Å². The molecule has 11 aromatic carbocycles. The van der Waals surface area contributed by atoms with Gasteiger partial charge in [0.2, 0.25) is 5.69 Å². The van der Waals surface area contributed by atoms with Crippen LogP contribution in [-0.4, -0.2) is 18.3 Å². The largest absolute Gasteiger partial charge is 0.455 e. The lowest BCUT2D eigenvalue weighted by Gasteiger charge is -2.27. The van der Waals surface area contributed by atoms with Gasteiger partial charge < -0.3 is 27.1 Å². The van der Waals surface area contributed by atoms with Crippen LogP contribution in [0.2, 0.25) is 0 Å². The molecule has 0 aliphatic carbocycles. The molecule has 350 valence electrons. The number of hydrogen-bond donors (Lipinski definition) is 0. The molecule has 76 heavy (non-hydrogen) atoms. The summed E-state index contributed by atoms with van der Waals surface area (Å²) in [4.78, 5) is 4.76. The van der Waals surface area contributed by atoms with Crippen molar-refractivity contribution in [1.82, 2.24) is 18.3 Å². The van der Waals surface area contributed by atoms with E-state index >= 15 is 0 Å². The van der Waals surface area contributed by atoms with Crippen LogP contribution >= 0.6 is 0 Å². The topological polar surface area (TPSA) is 74.2 Å². The molecule has 0 atom stereocenters. The zero-order chi connectivity index (χ0) is 49.9. The Morgan fingerprint density at radius 2 is 0.645 bits per heavy atom. The van der Waals surface area contributed by atoms with E-state index in [0.29, 0.717) is 34.0 Å². The van der Waals surface area contributed by atoms with Gasteiger partial charge in [0.15, 0.2) is 0 Å². The molecule has 0 radical (unpaired) electrons. The van der Waals surface area contributed by atoms with Crippen molar-refractivity contribution in [1.29, 1.82) is 5.26 Å². The first-order chi connectivity index (χ1) is 37.7. The molecule has 0 spiro atoms. The van der Waals surface area contributed by atoms with E-state index in [1.54, 1.807) is 0 Å². The van der Waals surface area contributed by atoms with E-state index in [-0.39, 0.29) is 0 Å². The molecule has 0 bridgehead atoms. The summed E-state index contributed by atoms with van der Waals surface area (Å²) in [6.45, 7) is 9.80. The van der Waals surface area contributed by atoms with Gasteiger partial charge in [-0.15, -0.1) is 0 Å². The summed E-state index contributed by atoms with van der Waals surface area (Å²) in [5.41, 5.74) is 13.3. The Morgan fingerprint density at radius 3 is 1.05 bits per heavy atom. The number of para-hydroxylation sites is 8. The molecular formula is C68H36N6O2. The molecule has 6 aromatic heterocycles. The number of hydrogen-bond acceptors (Lipinski definition) is 3. The molecule has 8 heteroatoms. The molecule has 0 fully saturated rings. The predicted octanol–water partition coefficient (Wildman–Crippen LogP) is 18.3. The van der Waals surface area contributed by atoms with Crippen LogP contribution in [0.15, 0.2) is 227 Å².